The molecule has 1 fully saturated rings. The predicted molar refractivity (Wildman–Crippen MR) is 45.5 cm³/mol. The minimum Gasteiger partial charge on any atom is -0.481 e. The van der Waals surface area contributed by atoms with Gasteiger partial charge in [0.05, 0.1) is 18.5 Å². The molecule has 0 radical (unpaired) electrons. The molecule has 68 valence electrons. The molecule has 1 aliphatic carbocycles. The minimum absolute atomic E-state index is 0.305. The summed E-state index contributed by atoms with van der Waals surface area (Å²) in [5.74, 6) is 1.12. The van der Waals surface area contributed by atoms with Gasteiger partial charge in [-0.25, -0.2) is 0 Å². The number of aliphatic carboxylic acids is 1. The molecule has 0 aromatic carbocycles. The van der Waals surface area contributed by atoms with Crippen LogP contribution in [0.25, 0.3) is 0 Å². The van der Waals surface area contributed by atoms with E-state index in [0.717, 1.165) is 0 Å². The van der Waals surface area contributed by atoms with E-state index in [1.54, 1.807) is 0 Å². The summed E-state index contributed by atoms with van der Waals surface area (Å²) in [6.07, 6.45) is 5.72. The number of nitrogens with one attached hydrogen (secondary N) is 1. The number of rotatable bonds is 3. The van der Waals surface area contributed by atoms with Crippen molar-refractivity contribution in [3.8, 4) is 18.4 Å². The molecule has 0 aromatic rings. The van der Waals surface area contributed by atoms with Gasteiger partial charge in [-0.05, 0) is 12.8 Å². The summed E-state index contributed by atoms with van der Waals surface area (Å²) < 4.78 is 0. The first kappa shape index (κ1) is 9.57. The van der Waals surface area contributed by atoms with Crippen LogP contribution in [0.15, 0.2) is 0 Å². The second-order valence-electron chi connectivity index (χ2n) is 3.19. The lowest BCUT2D eigenvalue weighted by Gasteiger charge is -2.40. The predicted octanol–water partition coefficient (Wildman–Crippen LogP) is -0.0338. The summed E-state index contributed by atoms with van der Waals surface area (Å²) in [5, 5.41) is 20.3. The van der Waals surface area contributed by atoms with Gasteiger partial charge >= 0.3 is 5.97 Å². The van der Waals surface area contributed by atoms with Gasteiger partial charge in [0.25, 0.3) is 0 Å². The van der Waals surface area contributed by atoms with Gasteiger partial charge in [0.15, 0.2) is 0 Å². The van der Waals surface area contributed by atoms with Crippen molar-refractivity contribution in [3.05, 3.63) is 0 Å². The van der Waals surface area contributed by atoms with E-state index in [1.165, 1.54) is 0 Å². The summed E-state index contributed by atoms with van der Waals surface area (Å²) in [6, 6.07) is 2.06. The van der Waals surface area contributed by atoms with Crippen molar-refractivity contribution in [2.45, 2.75) is 18.4 Å². The third kappa shape index (κ3) is 1.80. The first-order chi connectivity index (χ1) is 6.13. The van der Waals surface area contributed by atoms with Crippen LogP contribution in [-0.4, -0.2) is 23.2 Å². The van der Waals surface area contributed by atoms with Crippen molar-refractivity contribution >= 4 is 5.97 Å². The van der Waals surface area contributed by atoms with Crippen molar-refractivity contribution in [3.63, 3.8) is 0 Å². The summed E-state index contributed by atoms with van der Waals surface area (Å²) in [5.41, 5.74) is -0.699. The Hall–Kier alpha value is -1.52. The fraction of sp³-hybridized carbons (Fsp3) is 0.556. The molecule has 0 spiro atoms. The maximum absolute atomic E-state index is 10.5. The Bertz CT molecular complexity index is 292. The molecule has 0 amide bonds. The van der Waals surface area contributed by atoms with Crippen LogP contribution >= 0.6 is 0 Å². The lowest BCUT2D eigenvalue weighted by Crippen LogP contribution is -2.56. The Kier molecular flexibility index (Phi) is 2.55. The Labute approximate surface area is 76.6 Å². The van der Waals surface area contributed by atoms with Crippen molar-refractivity contribution in [1.29, 1.82) is 5.26 Å². The molecule has 13 heavy (non-hydrogen) atoms. The fourth-order valence-corrected chi connectivity index (χ4v) is 1.45. The van der Waals surface area contributed by atoms with Crippen LogP contribution < -0.4 is 5.32 Å². The van der Waals surface area contributed by atoms with Gasteiger partial charge in [-0.2, -0.15) is 5.26 Å². The van der Waals surface area contributed by atoms with Crippen molar-refractivity contribution in [1.82, 2.24) is 5.32 Å². The number of nitriles is 1. The highest BCUT2D eigenvalue weighted by atomic mass is 16.4. The van der Waals surface area contributed by atoms with Gasteiger partial charge in [-0.1, -0.05) is 5.92 Å². The van der Waals surface area contributed by atoms with Crippen LogP contribution in [0.5, 0.6) is 0 Å². The van der Waals surface area contributed by atoms with Crippen molar-refractivity contribution in [2.75, 3.05) is 6.54 Å². The largest absolute Gasteiger partial charge is 0.481 e. The molecule has 0 atom stereocenters. The van der Waals surface area contributed by atoms with E-state index < -0.39 is 17.4 Å². The molecular formula is C9H10N2O2. The zero-order chi connectivity index (χ0) is 9.90. The Morgan fingerprint density at radius 3 is 2.77 bits per heavy atom. The Morgan fingerprint density at radius 2 is 2.38 bits per heavy atom. The molecule has 1 saturated carbocycles. The highest BCUT2D eigenvalue weighted by molar-refractivity contribution is 5.72. The molecule has 0 saturated heterocycles. The number of hydrogen-bond acceptors (Lipinski definition) is 3. The zero-order valence-electron chi connectivity index (χ0n) is 7.08. The average Bonchev–Trinajstić information content (AvgIpc) is 2.03. The molecule has 4 heteroatoms. The molecular weight excluding hydrogens is 168 g/mol. The number of terminal acetylenes is 1. The van der Waals surface area contributed by atoms with E-state index in [2.05, 4.69) is 17.3 Å². The van der Waals surface area contributed by atoms with Gasteiger partial charge < -0.3 is 5.11 Å². The number of nitrogens with zero attached hydrogens (tertiary/aromatic N) is 1. The lowest BCUT2D eigenvalue weighted by molar-refractivity contribution is -0.146. The van der Waals surface area contributed by atoms with Crippen molar-refractivity contribution in [2.24, 2.45) is 5.92 Å². The molecule has 0 unspecified atom stereocenters. The van der Waals surface area contributed by atoms with E-state index in [1.807, 2.05) is 0 Å². The molecule has 1 rings (SSSR count). The number of hydrogen-bond donors (Lipinski definition) is 2. The van der Waals surface area contributed by atoms with E-state index in [4.69, 9.17) is 16.8 Å². The molecule has 0 aromatic heterocycles. The van der Waals surface area contributed by atoms with Gasteiger partial charge in [-0.15, -0.1) is 6.42 Å². The maximum Gasteiger partial charge on any atom is 0.306 e. The number of carboxylic acid groups (broad SMARTS) is 1. The van der Waals surface area contributed by atoms with Gasteiger partial charge in [0.1, 0.15) is 5.54 Å². The van der Waals surface area contributed by atoms with E-state index in [0.29, 0.717) is 19.4 Å². The Morgan fingerprint density at radius 1 is 1.77 bits per heavy atom. The standard InChI is InChI=1S/C9H10N2O2/c1-2-3-11-9(6-10)4-7(5-9)8(12)13/h1,7,11H,3-5H2,(H,12,13). The van der Waals surface area contributed by atoms with Crippen LogP contribution in [0.4, 0.5) is 0 Å². The Balaban J connectivity index is 2.47. The summed E-state index contributed by atoms with van der Waals surface area (Å²) in [7, 11) is 0. The minimum atomic E-state index is -0.839. The monoisotopic (exact) mass is 178 g/mol. The molecule has 1 aliphatic rings. The highest BCUT2D eigenvalue weighted by Crippen LogP contribution is 2.37. The zero-order valence-corrected chi connectivity index (χ0v) is 7.08. The topological polar surface area (TPSA) is 73.1 Å². The smallest absolute Gasteiger partial charge is 0.306 e. The first-order valence-electron chi connectivity index (χ1n) is 3.96. The molecule has 0 aliphatic heterocycles. The quantitative estimate of drug-likeness (QED) is 0.595. The van der Waals surface area contributed by atoms with Crippen LogP contribution in [-0.2, 0) is 4.79 Å². The van der Waals surface area contributed by atoms with Crippen LogP contribution in [0.2, 0.25) is 0 Å². The second-order valence-corrected chi connectivity index (χ2v) is 3.19. The first-order valence-corrected chi connectivity index (χ1v) is 3.96. The lowest BCUT2D eigenvalue weighted by atomic mass is 9.69. The molecule has 0 heterocycles. The molecule has 4 nitrogen and oxygen atoms in total. The molecule has 2 N–H and O–H groups in total. The fourth-order valence-electron chi connectivity index (χ4n) is 1.45. The van der Waals surface area contributed by atoms with Crippen LogP contribution in [0, 0.1) is 29.6 Å². The van der Waals surface area contributed by atoms with Crippen molar-refractivity contribution < 1.29 is 9.90 Å². The third-order valence-electron chi connectivity index (χ3n) is 2.28. The normalized spacial score (nSPS) is 31.1. The van der Waals surface area contributed by atoms with Gasteiger partial charge in [-0.3, -0.25) is 10.1 Å². The maximum atomic E-state index is 10.5. The summed E-state index contributed by atoms with van der Waals surface area (Å²) >= 11 is 0. The number of carboxylic acids is 1. The SMILES string of the molecule is C#CCNC1(C#N)CC(C(=O)O)C1. The van der Waals surface area contributed by atoms with Crippen LogP contribution in [0.1, 0.15) is 12.8 Å². The third-order valence-corrected chi connectivity index (χ3v) is 2.28. The summed E-state index contributed by atoms with van der Waals surface area (Å²) in [6.45, 7) is 0.305. The molecule has 0 bridgehead atoms. The number of carbonyl (C=O) groups is 1. The van der Waals surface area contributed by atoms with E-state index >= 15 is 0 Å². The van der Waals surface area contributed by atoms with E-state index in [-0.39, 0.29) is 0 Å². The van der Waals surface area contributed by atoms with Gasteiger partial charge in [0, 0.05) is 0 Å². The second kappa shape index (κ2) is 3.47. The van der Waals surface area contributed by atoms with Crippen LogP contribution in [0.3, 0.4) is 0 Å². The highest BCUT2D eigenvalue weighted by Gasteiger charge is 2.47. The average molecular weight is 178 g/mol. The van der Waals surface area contributed by atoms with Gasteiger partial charge in [0.2, 0.25) is 0 Å². The van der Waals surface area contributed by atoms with E-state index in [9.17, 15) is 4.79 Å². The summed E-state index contributed by atoms with van der Waals surface area (Å²) in [4.78, 5) is 10.5.